The summed E-state index contributed by atoms with van der Waals surface area (Å²) in [6.07, 6.45) is 1.60. The number of hydrogen-bond donors (Lipinski definition) is 2. The number of carbonyl (C=O) groups excluding carboxylic acids is 2. The third-order valence-electron chi connectivity index (χ3n) is 5.63. The number of anilines is 1. The third-order valence-corrected chi connectivity index (χ3v) is 6.57. The summed E-state index contributed by atoms with van der Waals surface area (Å²) in [7, 11) is 0. The predicted octanol–water partition coefficient (Wildman–Crippen LogP) is 5.21. The first kappa shape index (κ1) is 21.1. The van der Waals surface area contributed by atoms with Gasteiger partial charge in [-0.25, -0.2) is 4.79 Å². The van der Waals surface area contributed by atoms with Crippen LogP contribution in [-0.2, 0) is 4.79 Å². The van der Waals surface area contributed by atoms with Crippen molar-refractivity contribution >= 4 is 29.0 Å². The Morgan fingerprint density at radius 3 is 2.52 bits per heavy atom. The number of urea groups is 1. The van der Waals surface area contributed by atoms with Crippen LogP contribution < -0.4 is 10.6 Å². The lowest BCUT2D eigenvalue weighted by molar-refractivity contribution is -0.126. The van der Waals surface area contributed by atoms with Gasteiger partial charge in [0.05, 0.1) is 12.0 Å². The zero-order valence-corrected chi connectivity index (χ0v) is 18.4. The number of amides is 3. The Kier molecular flexibility index (Phi) is 6.67. The summed E-state index contributed by atoms with van der Waals surface area (Å²) in [6, 6.07) is 21.4. The molecule has 2 N–H and O–H groups in total. The molecule has 0 unspecified atom stereocenters. The van der Waals surface area contributed by atoms with E-state index in [0.717, 1.165) is 29.0 Å². The number of hydrogen-bond acceptors (Lipinski definition) is 3. The molecule has 6 heteroatoms. The fourth-order valence-electron chi connectivity index (χ4n) is 3.89. The van der Waals surface area contributed by atoms with Crippen LogP contribution in [-0.4, -0.2) is 29.9 Å². The SMILES string of the molecule is Cc1ccc([C@H](NC(=O)[C@H]2CCCN(C(=O)Nc3ccccc3)C2)c2cccs2)cc1. The number of piperidine rings is 1. The van der Waals surface area contributed by atoms with Crippen LogP contribution in [0.2, 0.25) is 0 Å². The van der Waals surface area contributed by atoms with E-state index in [0.29, 0.717) is 13.1 Å². The Bertz CT molecular complexity index is 1000. The number of carbonyl (C=O) groups is 2. The summed E-state index contributed by atoms with van der Waals surface area (Å²) < 4.78 is 0. The van der Waals surface area contributed by atoms with Crippen LogP contribution in [0.4, 0.5) is 10.5 Å². The van der Waals surface area contributed by atoms with Gasteiger partial charge < -0.3 is 15.5 Å². The molecule has 1 fully saturated rings. The van der Waals surface area contributed by atoms with Crippen LogP contribution >= 0.6 is 11.3 Å². The summed E-state index contributed by atoms with van der Waals surface area (Å²) in [5, 5.41) is 8.20. The smallest absolute Gasteiger partial charge is 0.321 e. The van der Waals surface area contributed by atoms with Gasteiger partial charge in [-0.05, 0) is 48.9 Å². The molecule has 1 aliphatic heterocycles. The van der Waals surface area contributed by atoms with Crippen molar-refractivity contribution < 1.29 is 9.59 Å². The molecule has 3 amide bonds. The summed E-state index contributed by atoms with van der Waals surface area (Å²) in [4.78, 5) is 28.7. The maximum Gasteiger partial charge on any atom is 0.321 e. The molecular weight excluding hydrogens is 406 g/mol. The Morgan fingerprint density at radius 1 is 1.03 bits per heavy atom. The normalized spacial score (nSPS) is 17.1. The topological polar surface area (TPSA) is 61.4 Å². The minimum atomic E-state index is -0.219. The van der Waals surface area contributed by atoms with E-state index in [1.54, 1.807) is 16.2 Å². The Morgan fingerprint density at radius 2 is 1.81 bits per heavy atom. The number of nitrogens with zero attached hydrogens (tertiary/aromatic N) is 1. The molecule has 4 rings (SSSR count). The highest BCUT2D eigenvalue weighted by atomic mass is 32.1. The fraction of sp³-hybridized carbons (Fsp3) is 0.280. The molecule has 0 radical (unpaired) electrons. The van der Waals surface area contributed by atoms with Gasteiger partial charge in [-0.1, -0.05) is 54.1 Å². The lowest BCUT2D eigenvalue weighted by atomic mass is 9.96. The first-order valence-corrected chi connectivity index (χ1v) is 11.5. The summed E-state index contributed by atoms with van der Waals surface area (Å²) in [6.45, 7) is 3.14. The van der Waals surface area contributed by atoms with E-state index in [2.05, 4.69) is 47.9 Å². The molecule has 0 spiro atoms. The molecule has 1 saturated heterocycles. The summed E-state index contributed by atoms with van der Waals surface area (Å²) >= 11 is 1.64. The molecule has 0 bridgehead atoms. The summed E-state index contributed by atoms with van der Waals surface area (Å²) in [5.74, 6) is -0.223. The first-order chi connectivity index (χ1) is 15.1. The van der Waals surface area contributed by atoms with E-state index in [1.807, 2.05) is 41.8 Å². The standard InChI is InChI=1S/C25H27N3O2S/c1-18-11-13-19(14-12-18)23(22-10-6-16-31-22)27-24(29)20-7-5-15-28(17-20)25(30)26-21-8-3-2-4-9-21/h2-4,6,8-14,16,20,23H,5,7,15,17H2,1H3,(H,26,30)(H,27,29)/t20-,23-/m0/s1. The molecule has 1 aliphatic rings. The van der Waals surface area contributed by atoms with E-state index in [9.17, 15) is 9.59 Å². The van der Waals surface area contributed by atoms with Gasteiger partial charge in [-0.2, -0.15) is 0 Å². The van der Waals surface area contributed by atoms with Crippen molar-refractivity contribution in [3.63, 3.8) is 0 Å². The molecule has 2 aromatic carbocycles. The second-order valence-electron chi connectivity index (χ2n) is 7.95. The lowest BCUT2D eigenvalue weighted by Crippen LogP contribution is -2.47. The number of rotatable bonds is 5. The van der Waals surface area contributed by atoms with Crippen LogP contribution in [0.1, 0.15) is 34.9 Å². The Hall–Kier alpha value is -3.12. The van der Waals surface area contributed by atoms with Crippen LogP contribution in [0.15, 0.2) is 72.1 Å². The molecular formula is C25H27N3O2S. The van der Waals surface area contributed by atoms with Gasteiger partial charge in [-0.15, -0.1) is 11.3 Å². The molecule has 1 aromatic heterocycles. The average molecular weight is 434 g/mol. The maximum atomic E-state index is 13.2. The Labute approximate surface area is 187 Å². The van der Waals surface area contributed by atoms with Gasteiger partial charge in [0, 0.05) is 23.7 Å². The number of nitrogens with one attached hydrogen (secondary N) is 2. The maximum absolute atomic E-state index is 13.2. The molecule has 5 nitrogen and oxygen atoms in total. The number of likely N-dealkylation sites (tertiary alicyclic amines) is 1. The largest absolute Gasteiger partial charge is 0.344 e. The van der Waals surface area contributed by atoms with Crippen molar-refractivity contribution in [2.24, 2.45) is 5.92 Å². The van der Waals surface area contributed by atoms with Crippen molar-refractivity contribution in [3.05, 3.63) is 88.1 Å². The van der Waals surface area contributed by atoms with Gasteiger partial charge in [0.1, 0.15) is 0 Å². The first-order valence-electron chi connectivity index (χ1n) is 10.6. The van der Waals surface area contributed by atoms with Crippen LogP contribution in [0.25, 0.3) is 0 Å². The Balaban J connectivity index is 1.43. The van der Waals surface area contributed by atoms with Crippen molar-refractivity contribution in [2.45, 2.75) is 25.8 Å². The van der Waals surface area contributed by atoms with Crippen molar-refractivity contribution in [1.29, 1.82) is 0 Å². The van der Waals surface area contributed by atoms with Crippen molar-refractivity contribution in [2.75, 3.05) is 18.4 Å². The number of thiophene rings is 1. The molecule has 3 aromatic rings. The van der Waals surface area contributed by atoms with E-state index in [1.165, 1.54) is 5.56 Å². The van der Waals surface area contributed by atoms with Gasteiger partial charge in [0.25, 0.3) is 0 Å². The van der Waals surface area contributed by atoms with Gasteiger partial charge >= 0.3 is 6.03 Å². The second-order valence-corrected chi connectivity index (χ2v) is 8.93. The predicted molar refractivity (Wildman–Crippen MR) is 125 cm³/mol. The molecule has 31 heavy (non-hydrogen) atoms. The molecule has 2 heterocycles. The molecule has 2 atom stereocenters. The van der Waals surface area contributed by atoms with Gasteiger partial charge in [-0.3, -0.25) is 4.79 Å². The van der Waals surface area contributed by atoms with Gasteiger partial charge in [0.15, 0.2) is 0 Å². The van der Waals surface area contributed by atoms with Crippen molar-refractivity contribution in [3.8, 4) is 0 Å². The highest BCUT2D eigenvalue weighted by Crippen LogP contribution is 2.28. The van der Waals surface area contributed by atoms with Crippen LogP contribution in [0.3, 0.4) is 0 Å². The monoisotopic (exact) mass is 433 g/mol. The molecule has 160 valence electrons. The van der Waals surface area contributed by atoms with Gasteiger partial charge in [0.2, 0.25) is 5.91 Å². The van der Waals surface area contributed by atoms with E-state index >= 15 is 0 Å². The van der Waals surface area contributed by atoms with Crippen LogP contribution in [0.5, 0.6) is 0 Å². The quantitative estimate of drug-likeness (QED) is 0.580. The highest BCUT2D eigenvalue weighted by Gasteiger charge is 2.30. The van der Waals surface area contributed by atoms with Crippen LogP contribution in [0, 0.1) is 12.8 Å². The minimum absolute atomic E-state index is 0.00353. The zero-order valence-electron chi connectivity index (χ0n) is 17.6. The lowest BCUT2D eigenvalue weighted by Gasteiger charge is -2.33. The van der Waals surface area contributed by atoms with E-state index < -0.39 is 0 Å². The number of benzene rings is 2. The van der Waals surface area contributed by atoms with Crippen molar-refractivity contribution in [1.82, 2.24) is 10.2 Å². The number of aryl methyl sites for hydroxylation is 1. The van der Waals surface area contributed by atoms with E-state index in [4.69, 9.17) is 0 Å². The van der Waals surface area contributed by atoms with E-state index in [-0.39, 0.29) is 23.9 Å². The number of para-hydroxylation sites is 1. The highest BCUT2D eigenvalue weighted by molar-refractivity contribution is 7.10. The fourth-order valence-corrected chi connectivity index (χ4v) is 4.70. The zero-order chi connectivity index (χ0) is 21.6. The minimum Gasteiger partial charge on any atom is -0.344 e. The molecule has 0 aliphatic carbocycles. The second kappa shape index (κ2) is 9.79. The summed E-state index contributed by atoms with van der Waals surface area (Å²) in [5.41, 5.74) is 3.01. The molecule has 0 saturated carbocycles. The average Bonchev–Trinajstić information content (AvgIpc) is 3.33. The third kappa shape index (κ3) is 5.33.